The van der Waals surface area contributed by atoms with E-state index < -0.39 is 0 Å². The molecule has 2 aliphatic rings. The first-order valence-corrected chi connectivity index (χ1v) is 13.1. The summed E-state index contributed by atoms with van der Waals surface area (Å²) in [7, 11) is 0. The first-order chi connectivity index (χ1) is 15.2. The van der Waals surface area contributed by atoms with Gasteiger partial charge in [0.15, 0.2) is 0 Å². The van der Waals surface area contributed by atoms with Crippen LogP contribution in [0.3, 0.4) is 0 Å². The van der Waals surface area contributed by atoms with Crippen molar-refractivity contribution in [2.75, 3.05) is 19.7 Å². The number of benzene rings is 2. The standard InChI is InChI=1S/C27H36INO3/c1-5-31-26(30)20-16-29(17-20)15-18-6-12-23-19(14-18)7-13-24(25(23)28)32-22-10-8-21(9-11-22)27(2,3)4/h6-7,12-14,20-22H,5,8-11,15-17H2,1-4H3. The van der Waals surface area contributed by atoms with Gasteiger partial charge in [-0.2, -0.15) is 0 Å². The molecule has 0 spiro atoms. The Bertz CT molecular complexity index is 953. The molecule has 5 heteroatoms. The van der Waals surface area contributed by atoms with Crippen molar-refractivity contribution in [2.24, 2.45) is 17.3 Å². The summed E-state index contributed by atoms with van der Waals surface area (Å²) in [6, 6.07) is 11.0. The number of likely N-dealkylation sites (tertiary alicyclic amines) is 1. The minimum Gasteiger partial charge on any atom is -0.489 e. The van der Waals surface area contributed by atoms with E-state index in [1.165, 1.54) is 32.7 Å². The van der Waals surface area contributed by atoms with Gasteiger partial charge in [0.05, 0.1) is 22.2 Å². The van der Waals surface area contributed by atoms with E-state index in [0.717, 1.165) is 44.1 Å². The van der Waals surface area contributed by atoms with Crippen LogP contribution in [0.5, 0.6) is 5.75 Å². The van der Waals surface area contributed by atoms with E-state index >= 15 is 0 Å². The van der Waals surface area contributed by atoms with Crippen molar-refractivity contribution in [3.63, 3.8) is 0 Å². The molecule has 4 nitrogen and oxygen atoms in total. The zero-order chi connectivity index (χ0) is 22.9. The van der Waals surface area contributed by atoms with Crippen LogP contribution in [0.4, 0.5) is 0 Å². The molecule has 0 N–H and O–H groups in total. The van der Waals surface area contributed by atoms with Crippen LogP contribution in [0, 0.1) is 20.8 Å². The molecule has 0 aromatic heterocycles. The number of nitrogens with zero attached hydrogens (tertiary/aromatic N) is 1. The van der Waals surface area contributed by atoms with Crippen molar-refractivity contribution in [3.05, 3.63) is 39.5 Å². The van der Waals surface area contributed by atoms with Gasteiger partial charge in [-0.1, -0.05) is 39.0 Å². The zero-order valence-corrected chi connectivity index (χ0v) is 22.0. The Morgan fingerprint density at radius 1 is 1.09 bits per heavy atom. The summed E-state index contributed by atoms with van der Waals surface area (Å²) in [5, 5.41) is 2.50. The van der Waals surface area contributed by atoms with Crippen LogP contribution < -0.4 is 4.74 Å². The van der Waals surface area contributed by atoms with Crippen LogP contribution >= 0.6 is 22.6 Å². The molecule has 0 bridgehead atoms. The monoisotopic (exact) mass is 549 g/mol. The average molecular weight is 549 g/mol. The van der Waals surface area contributed by atoms with E-state index in [2.05, 4.69) is 78.6 Å². The topological polar surface area (TPSA) is 38.8 Å². The van der Waals surface area contributed by atoms with Crippen molar-refractivity contribution in [3.8, 4) is 5.75 Å². The largest absolute Gasteiger partial charge is 0.489 e. The average Bonchev–Trinajstić information content (AvgIpc) is 2.72. The van der Waals surface area contributed by atoms with Crippen LogP contribution in [0.25, 0.3) is 10.8 Å². The van der Waals surface area contributed by atoms with E-state index in [-0.39, 0.29) is 11.9 Å². The van der Waals surface area contributed by atoms with E-state index in [1.807, 2.05) is 6.92 Å². The van der Waals surface area contributed by atoms with Gasteiger partial charge in [0.2, 0.25) is 0 Å². The van der Waals surface area contributed by atoms with Crippen molar-refractivity contribution in [1.82, 2.24) is 4.90 Å². The third-order valence-corrected chi connectivity index (χ3v) is 8.27. The SMILES string of the molecule is CCOC(=O)C1CN(Cc2ccc3c(I)c(OC4CCC(C(C)(C)C)CC4)ccc3c2)C1. The highest BCUT2D eigenvalue weighted by atomic mass is 127. The lowest BCUT2D eigenvalue weighted by Gasteiger charge is -2.37. The van der Waals surface area contributed by atoms with Gasteiger partial charge in [-0.15, -0.1) is 0 Å². The molecular formula is C27H36INO3. The maximum Gasteiger partial charge on any atom is 0.311 e. The molecule has 0 unspecified atom stereocenters. The lowest BCUT2D eigenvalue weighted by Crippen LogP contribution is -2.50. The maximum absolute atomic E-state index is 11.8. The summed E-state index contributed by atoms with van der Waals surface area (Å²) in [5.74, 6) is 1.80. The molecular weight excluding hydrogens is 513 g/mol. The van der Waals surface area contributed by atoms with Gasteiger partial charge in [-0.05, 0) is 95.0 Å². The van der Waals surface area contributed by atoms with Crippen molar-refractivity contribution >= 4 is 39.3 Å². The molecule has 1 saturated heterocycles. The van der Waals surface area contributed by atoms with Gasteiger partial charge in [-0.25, -0.2) is 0 Å². The highest BCUT2D eigenvalue weighted by Crippen LogP contribution is 2.40. The number of rotatable bonds is 6. The lowest BCUT2D eigenvalue weighted by atomic mass is 9.72. The Labute approximate surface area is 206 Å². The second-order valence-electron chi connectivity index (χ2n) is 10.5. The number of carbonyl (C=O) groups excluding carboxylic acids is 1. The third-order valence-electron chi connectivity index (χ3n) is 7.16. The van der Waals surface area contributed by atoms with Gasteiger partial charge in [-0.3, -0.25) is 9.69 Å². The first kappa shape index (κ1) is 23.8. The number of fused-ring (bicyclic) bond motifs is 1. The number of ether oxygens (including phenoxy) is 2. The minimum absolute atomic E-state index is 0.0366. The van der Waals surface area contributed by atoms with Gasteiger partial charge in [0, 0.05) is 19.6 Å². The van der Waals surface area contributed by atoms with Crippen LogP contribution in [0.2, 0.25) is 0 Å². The number of esters is 1. The molecule has 2 aromatic rings. The summed E-state index contributed by atoms with van der Waals surface area (Å²) in [6.45, 7) is 11.9. The quantitative estimate of drug-likeness (QED) is 0.308. The van der Waals surface area contributed by atoms with Crippen LogP contribution in [0.1, 0.15) is 58.9 Å². The molecule has 0 amide bonds. The van der Waals surface area contributed by atoms with E-state index in [9.17, 15) is 4.79 Å². The molecule has 2 aromatic carbocycles. The summed E-state index contributed by atoms with van der Waals surface area (Å²) in [6.07, 6.45) is 5.15. The molecule has 1 aliphatic carbocycles. The second-order valence-corrected chi connectivity index (χ2v) is 11.6. The molecule has 0 radical (unpaired) electrons. The van der Waals surface area contributed by atoms with Crippen molar-refractivity contribution in [1.29, 1.82) is 0 Å². The summed E-state index contributed by atoms with van der Waals surface area (Å²) in [5.41, 5.74) is 1.68. The Morgan fingerprint density at radius 2 is 1.81 bits per heavy atom. The Kier molecular flexibility index (Phi) is 7.35. The minimum atomic E-state index is -0.0590. The van der Waals surface area contributed by atoms with E-state index in [0.29, 0.717) is 18.1 Å². The third kappa shape index (κ3) is 5.41. The summed E-state index contributed by atoms with van der Waals surface area (Å²) >= 11 is 2.44. The fourth-order valence-corrected chi connectivity index (χ4v) is 5.90. The maximum atomic E-state index is 11.8. The predicted octanol–water partition coefficient (Wildman–Crippen LogP) is 6.42. The van der Waals surface area contributed by atoms with Gasteiger partial charge in [0.1, 0.15) is 5.75 Å². The smallest absolute Gasteiger partial charge is 0.311 e. The van der Waals surface area contributed by atoms with Gasteiger partial charge >= 0.3 is 5.97 Å². The number of hydrogen-bond donors (Lipinski definition) is 0. The molecule has 1 heterocycles. The Morgan fingerprint density at radius 3 is 2.47 bits per heavy atom. The Balaban J connectivity index is 1.36. The molecule has 2 fully saturated rings. The number of hydrogen-bond acceptors (Lipinski definition) is 4. The molecule has 174 valence electrons. The lowest BCUT2D eigenvalue weighted by molar-refractivity contribution is -0.154. The number of carbonyl (C=O) groups is 1. The predicted molar refractivity (Wildman–Crippen MR) is 138 cm³/mol. The molecule has 4 rings (SSSR count). The summed E-state index contributed by atoms with van der Waals surface area (Å²) in [4.78, 5) is 14.1. The second kappa shape index (κ2) is 9.88. The van der Waals surface area contributed by atoms with Crippen molar-refractivity contribution < 1.29 is 14.3 Å². The molecule has 32 heavy (non-hydrogen) atoms. The van der Waals surface area contributed by atoms with Crippen LogP contribution in [-0.2, 0) is 16.1 Å². The Hall–Kier alpha value is -1.34. The highest BCUT2D eigenvalue weighted by molar-refractivity contribution is 14.1. The molecule has 1 aliphatic heterocycles. The fourth-order valence-electron chi connectivity index (χ4n) is 5.10. The normalized spacial score (nSPS) is 22.5. The van der Waals surface area contributed by atoms with Gasteiger partial charge < -0.3 is 9.47 Å². The fraction of sp³-hybridized carbons (Fsp3) is 0.593. The van der Waals surface area contributed by atoms with Crippen molar-refractivity contribution in [2.45, 2.75) is 66.0 Å². The molecule has 0 atom stereocenters. The summed E-state index contributed by atoms with van der Waals surface area (Å²) < 4.78 is 12.8. The van der Waals surface area contributed by atoms with Gasteiger partial charge in [0.25, 0.3) is 0 Å². The van der Waals surface area contributed by atoms with Crippen LogP contribution in [0.15, 0.2) is 30.3 Å². The zero-order valence-electron chi connectivity index (χ0n) is 19.8. The van der Waals surface area contributed by atoms with E-state index in [1.54, 1.807) is 0 Å². The van der Waals surface area contributed by atoms with E-state index in [4.69, 9.17) is 9.47 Å². The number of halogens is 1. The van der Waals surface area contributed by atoms with Crippen LogP contribution in [-0.4, -0.2) is 36.7 Å². The first-order valence-electron chi connectivity index (χ1n) is 12.0. The molecule has 1 saturated carbocycles. The highest BCUT2D eigenvalue weighted by Gasteiger charge is 2.33.